The van der Waals surface area contributed by atoms with Gasteiger partial charge in [0.1, 0.15) is 0 Å². The Morgan fingerprint density at radius 3 is 2.78 bits per heavy atom. The van der Waals surface area contributed by atoms with E-state index in [9.17, 15) is 19.3 Å². The number of hydrogen-bond donors (Lipinski definition) is 0. The highest BCUT2D eigenvalue weighted by atomic mass is 79.9. The van der Waals surface area contributed by atoms with Gasteiger partial charge in [-0.25, -0.2) is 4.39 Å². The van der Waals surface area contributed by atoms with Crippen LogP contribution in [0, 0.1) is 21.8 Å². The Balaban J connectivity index is 2.29. The fourth-order valence-electron chi connectivity index (χ4n) is 1.95. The van der Waals surface area contributed by atoms with Gasteiger partial charge in [0, 0.05) is 24.4 Å². The number of nitrogens with zero attached hydrogens (tertiary/aromatic N) is 2. The van der Waals surface area contributed by atoms with Gasteiger partial charge in [-0.15, -0.1) is 0 Å². The number of carbonyl (C=O) groups excluding carboxylic acids is 1. The Morgan fingerprint density at radius 1 is 1.56 bits per heavy atom. The van der Waals surface area contributed by atoms with Gasteiger partial charge in [0.25, 0.3) is 5.69 Å². The van der Waals surface area contributed by atoms with E-state index in [1.54, 1.807) is 0 Å². The van der Waals surface area contributed by atoms with Crippen molar-refractivity contribution in [3.05, 3.63) is 34.1 Å². The number of benzene rings is 1. The van der Waals surface area contributed by atoms with E-state index in [-0.39, 0.29) is 23.2 Å². The number of rotatable bonds is 3. The molecular formula is C11H10BrFN2O3. The first-order valence-corrected chi connectivity index (χ1v) is 6.45. The fourth-order valence-corrected chi connectivity index (χ4v) is 2.38. The first-order chi connectivity index (χ1) is 8.52. The minimum atomic E-state index is -0.743. The van der Waals surface area contributed by atoms with Crippen molar-refractivity contribution >= 4 is 33.2 Å². The minimum Gasteiger partial charge on any atom is -0.309 e. The maximum atomic E-state index is 13.8. The van der Waals surface area contributed by atoms with Gasteiger partial charge < -0.3 is 4.90 Å². The van der Waals surface area contributed by atoms with Crippen LogP contribution in [0.5, 0.6) is 0 Å². The quantitative estimate of drug-likeness (QED) is 0.489. The van der Waals surface area contributed by atoms with Gasteiger partial charge in [-0.2, -0.15) is 0 Å². The summed E-state index contributed by atoms with van der Waals surface area (Å²) in [6.07, 6.45) is 0.363. The van der Waals surface area contributed by atoms with E-state index in [1.807, 2.05) is 0 Å². The van der Waals surface area contributed by atoms with Crippen molar-refractivity contribution in [2.24, 2.45) is 5.92 Å². The van der Waals surface area contributed by atoms with Crippen LogP contribution in [-0.2, 0) is 4.79 Å². The van der Waals surface area contributed by atoms with Gasteiger partial charge in [0.2, 0.25) is 5.91 Å². The van der Waals surface area contributed by atoms with E-state index in [2.05, 4.69) is 15.9 Å². The van der Waals surface area contributed by atoms with Crippen molar-refractivity contribution in [3.63, 3.8) is 0 Å². The molecule has 1 aliphatic rings. The van der Waals surface area contributed by atoms with Crippen LogP contribution >= 0.6 is 15.9 Å². The van der Waals surface area contributed by atoms with E-state index in [1.165, 1.54) is 17.0 Å². The zero-order valence-electron chi connectivity index (χ0n) is 9.31. The largest absolute Gasteiger partial charge is 0.309 e. The van der Waals surface area contributed by atoms with Gasteiger partial charge in [0.05, 0.1) is 16.7 Å². The molecule has 0 bridgehead atoms. The third-order valence-electron chi connectivity index (χ3n) is 2.86. The molecule has 1 aromatic rings. The molecule has 1 saturated heterocycles. The predicted molar refractivity (Wildman–Crippen MR) is 67.3 cm³/mol. The highest BCUT2D eigenvalue weighted by Gasteiger charge is 2.31. The Labute approximate surface area is 111 Å². The van der Waals surface area contributed by atoms with Crippen LogP contribution < -0.4 is 4.90 Å². The van der Waals surface area contributed by atoms with E-state index >= 15 is 0 Å². The summed E-state index contributed by atoms with van der Waals surface area (Å²) in [6, 6.07) is 3.32. The van der Waals surface area contributed by atoms with Crippen LogP contribution in [0.4, 0.5) is 15.8 Å². The highest BCUT2D eigenvalue weighted by Crippen LogP contribution is 2.30. The maximum absolute atomic E-state index is 13.8. The third-order valence-corrected chi connectivity index (χ3v) is 3.77. The number of nitro benzene ring substituents is 1. The summed E-state index contributed by atoms with van der Waals surface area (Å²) in [7, 11) is 0. The second-order valence-corrected chi connectivity index (χ2v) is 4.77. The molecule has 1 heterocycles. The summed E-state index contributed by atoms with van der Waals surface area (Å²) in [5.74, 6) is -0.757. The molecule has 18 heavy (non-hydrogen) atoms. The van der Waals surface area contributed by atoms with Crippen molar-refractivity contribution in [3.8, 4) is 0 Å². The van der Waals surface area contributed by atoms with Crippen molar-refractivity contribution in [2.45, 2.75) is 6.42 Å². The van der Waals surface area contributed by atoms with Crippen LogP contribution in [0.2, 0.25) is 0 Å². The molecule has 2 rings (SSSR count). The summed E-state index contributed by atoms with van der Waals surface area (Å²) in [5, 5.41) is 11.2. The predicted octanol–water partition coefficient (Wildman–Crippen LogP) is 2.48. The minimum absolute atomic E-state index is 0.106. The van der Waals surface area contributed by atoms with E-state index in [0.29, 0.717) is 18.3 Å². The van der Waals surface area contributed by atoms with Crippen LogP contribution in [0.15, 0.2) is 18.2 Å². The van der Waals surface area contributed by atoms with Crippen molar-refractivity contribution in [1.82, 2.24) is 0 Å². The Bertz CT molecular complexity index is 509. The molecule has 96 valence electrons. The van der Waals surface area contributed by atoms with Gasteiger partial charge in [-0.3, -0.25) is 14.9 Å². The van der Waals surface area contributed by atoms with Crippen molar-refractivity contribution in [2.75, 3.05) is 16.8 Å². The van der Waals surface area contributed by atoms with Gasteiger partial charge in [-0.1, -0.05) is 15.9 Å². The number of hydrogen-bond acceptors (Lipinski definition) is 3. The zero-order chi connectivity index (χ0) is 13.3. The average molecular weight is 317 g/mol. The smallest absolute Gasteiger partial charge is 0.272 e. The average Bonchev–Trinajstić information content (AvgIpc) is 2.70. The molecule has 0 saturated carbocycles. The van der Waals surface area contributed by atoms with E-state index in [4.69, 9.17) is 0 Å². The number of halogens is 2. The molecule has 0 aliphatic carbocycles. The SMILES string of the molecule is O=C1CC(CBr)CN1c1ccc([N+](=O)[O-])cc1F. The van der Waals surface area contributed by atoms with Crippen molar-refractivity contribution < 1.29 is 14.1 Å². The van der Waals surface area contributed by atoms with E-state index < -0.39 is 10.7 Å². The molecular weight excluding hydrogens is 307 g/mol. The molecule has 1 aromatic carbocycles. The first-order valence-electron chi connectivity index (χ1n) is 5.33. The van der Waals surface area contributed by atoms with Gasteiger partial charge >= 0.3 is 0 Å². The third kappa shape index (κ3) is 2.35. The standard InChI is InChI=1S/C11H10BrFN2O3/c12-5-7-3-11(16)14(6-7)10-2-1-8(15(17)18)4-9(10)13/h1-2,4,7H,3,5-6H2. The summed E-state index contributed by atoms with van der Waals surface area (Å²) in [5.41, 5.74) is -0.214. The normalized spacial score (nSPS) is 19.3. The number of carbonyl (C=O) groups is 1. The van der Waals surface area contributed by atoms with E-state index in [0.717, 1.165) is 6.07 Å². The van der Waals surface area contributed by atoms with Gasteiger partial charge in [-0.05, 0) is 12.0 Å². The number of alkyl halides is 1. The first kappa shape index (κ1) is 12.9. The molecule has 1 amide bonds. The second-order valence-electron chi connectivity index (χ2n) is 4.12. The summed E-state index contributed by atoms with van der Waals surface area (Å²) < 4.78 is 13.8. The summed E-state index contributed by atoms with van der Waals surface area (Å²) in [4.78, 5) is 22.9. The van der Waals surface area contributed by atoms with Gasteiger partial charge in [0.15, 0.2) is 5.82 Å². The molecule has 1 atom stereocenters. The van der Waals surface area contributed by atoms with Crippen LogP contribution in [0.3, 0.4) is 0 Å². The molecule has 0 N–H and O–H groups in total. The lowest BCUT2D eigenvalue weighted by Gasteiger charge is -2.16. The summed E-state index contributed by atoms with van der Waals surface area (Å²) >= 11 is 3.29. The van der Waals surface area contributed by atoms with Crippen molar-refractivity contribution in [1.29, 1.82) is 0 Å². The molecule has 0 aromatic heterocycles. The molecule has 1 fully saturated rings. The van der Waals surface area contributed by atoms with Crippen LogP contribution in [-0.4, -0.2) is 22.7 Å². The Morgan fingerprint density at radius 2 is 2.28 bits per heavy atom. The molecule has 0 spiro atoms. The number of non-ortho nitro benzene ring substituents is 1. The lowest BCUT2D eigenvalue weighted by atomic mass is 10.2. The topological polar surface area (TPSA) is 63.5 Å². The monoisotopic (exact) mass is 316 g/mol. The highest BCUT2D eigenvalue weighted by molar-refractivity contribution is 9.09. The summed E-state index contributed by atoms with van der Waals surface area (Å²) in [6.45, 7) is 0.429. The molecule has 7 heteroatoms. The number of amides is 1. The molecule has 5 nitrogen and oxygen atoms in total. The molecule has 1 aliphatic heterocycles. The number of anilines is 1. The fraction of sp³-hybridized carbons (Fsp3) is 0.364. The van der Waals surface area contributed by atoms with Crippen LogP contribution in [0.25, 0.3) is 0 Å². The van der Waals surface area contributed by atoms with Crippen LogP contribution in [0.1, 0.15) is 6.42 Å². The Kier molecular flexibility index (Phi) is 3.60. The number of nitro groups is 1. The second kappa shape index (κ2) is 5.01. The molecule has 1 unspecified atom stereocenters. The maximum Gasteiger partial charge on any atom is 0.272 e. The zero-order valence-corrected chi connectivity index (χ0v) is 10.9. The Hall–Kier alpha value is -1.50. The lowest BCUT2D eigenvalue weighted by molar-refractivity contribution is -0.385. The molecule has 0 radical (unpaired) electrons. The lowest BCUT2D eigenvalue weighted by Crippen LogP contribution is -2.25.